The van der Waals surface area contributed by atoms with Gasteiger partial charge in [0.25, 0.3) is 5.91 Å². The molecule has 0 spiro atoms. The maximum Gasteiger partial charge on any atom is 0.254 e. The molecule has 1 amide bonds. The largest absolute Gasteiger partial charge is 0.394 e. The number of likely N-dealkylation sites (tertiary alicyclic amines) is 1. The van der Waals surface area contributed by atoms with Gasteiger partial charge in [-0.15, -0.1) is 0 Å². The molecule has 2 rings (SSSR count). The fourth-order valence-electron chi connectivity index (χ4n) is 2.65. The Balaban J connectivity index is 2.26. The minimum absolute atomic E-state index is 0.00871. The second kappa shape index (κ2) is 7.26. The lowest BCUT2D eigenvalue weighted by Gasteiger charge is -2.34. The van der Waals surface area contributed by atoms with E-state index in [9.17, 15) is 9.90 Å². The topological polar surface area (TPSA) is 60.8 Å². The normalized spacial score (nSPS) is 18.0. The second-order valence-electron chi connectivity index (χ2n) is 5.32. The molecule has 112 valence electrons. The molecule has 1 unspecified atom stereocenters. The van der Waals surface area contributed by atoms with E-state index in [2.05, 4.69) is 11.8 Å². The van der Waals surface area contributed by atoms with Gasteiger partial charge in [-0.25, -0.2) is 0 Å². The molecule has 1 aromatic rings. The Hall–Kier alpha value is -1.83. The molecule has 1 saturated heterocycles. The SMILES string of the molecule is Cc1ccc(C(=O)N2CCCCC2CO)cc1C#CCO. The second-order valence-corrected chi connectivity index (χ2v) is 5.32. The lowest BCUT2D eigenvalue weighted by Crippen LogP contribution is -2.45. The summed E-state index contributed by atoms with van der Waals surface area (Å²) >= 11 is 0. The zero-order chi connectivity index (χ0) is 15.2. The quantitative estimate of drug-likeness (QED) is 0.807. The Morgan fingerprint density at radius 2 is 2.19 bits per heavy atom. The van der Waals surface area contributed by atoms with Gasteiger partial charge >= 0.3 is 0 Å². The van der Waals surface area contributed by atoms with Crippen molar-refractivity contribution in [3.63, 3.8) is 0 Å². The van der Waals surface area contributed by atoms with Gasteiger partial charge in [-0.3, -0.25) is 4.79 Å². The van der Waals surface area contributed by atoms with Crippen molar-refractivity contribution < 1.29 is 15.0 Å². The molecule has 4 nitrogen and oxygen atoms in total. The van der Waals surface area contributed by atoms with Crippen molar-refractivity contribution in [2.75, 3.05) is 19.8 Å². The number of amides is 1. The van der Waals surface area contributed by atoms with Crippen molar-refractivity contribution in [2.45, 2.75) is 32.2 Å². The number of aryl methyl sites for hydroxylation is 1. The van der Waals surface area contributed by atoms with E-state index in [0.29, 0.717) is 12.1 Å². The van der Waals surface area contributed by atoms with Crippen LogP contribution in [0.2, 0.25) is 0 Å². The minimum Gasteiger partial charge on any atom is -0.394 e. The zero-order valence-corrected chi connectivity index (χ0v) is 12.3. The monoisotopic (exact) mass is 287 g/mol. The molecule has 0 saturated carbocycles. The summed E-state index contributed by atoms with van der Waals surface area (Å²) in [7, 11) is 0. The summed E-state index contributed by atoms with van der Waals surface area (Å²) in [6.07, 6.45) is 2.88. The predicted octanol–water partition coefficient (Wildman–Crippen LogP) is 1.33. The highest BCUT2D eigenvalue weighted by atomic mass is 16.3. The zero-order valence-electron chi connectivity index (χ0n) is 12.3. The molecule has 1 atom stereocenters. The molecule has 1 aliphatic heterocycles. The number of aliphatic hydroxyl groups is 2. The van der Waals surface area contributed by atoms with E-state index in [1.165, 1.54) is 0 Å². The van der Waals surface area contributed by atoms with Gasteiger partial charge in [0, 0.05) is 17.7 Å². The first-order valence-electron chi connectivity index (χ1n) is 7.29. The number of aliphatic hydroxyl groups excluding tert-OH is 2. The van der Waals surface area contributed by atoms with Crippen LogP contribution in [0, 0.1) is 18.8 Å². The summed E-state index contributed by atoms with van der Waals surface area (Å²) in [5, 5.41) is 18.2. The van der Waals surface area contributed by atoms with Gasteiger partial charge < -0.3 is 15.1 Å². The molecule has 0 aromatic heterocycles. The fourth-order valence-corrected chi connectivity index (χ4v) is 2.65. The van der Waals surface area contributed by atoms with Crippen LogP contribution in [0.25, 0.3) is 0 Å². The molecular formula is C17H21NO3. The summed E-state index contributed by atoms with van der Waals surface area (Å²) in [5.74, 6) is 5.42. The maximum absolute atomic E-state index is 12.6. The first kappa shape index (κ1) is 15.6. The number of rotatable bonds is 2. The number of carbonyl (C=O) groups is 1. The van der Waals surface area contributed by atoms with Crippen LogP contribution in [-0.4, -0.2) is 46.8 Å². The van der Waals surface area contributed by atoms with Crippen molar-refractivity contribution in [1.29, 1.82) is 0 Å². The van der Waals surface area contributed by atoms with Gasteiger partial charge in [-0.1, -0.05) is 17.9 Å². The molecule has 2 N–H and O–H groups in total. The number of piperidine rings is 1. The molecule has 21 heavy (non-hydrogen) atoms. The van der Waals surface area contributed by atoms with Crippen LogP contribution in [0.15, 0.2) is 18.2 Å². The number of benzene rings is 1. The van der Waals surface area contributed by atoms with E-state index in [4.69, 9.17) is 5.11 Å². The van der Waals surface area contributed by atoms with Gasteiger partial charge in [0.15, 0.2) is 0 Å². The lowest BCUT2D eigenvalue weighted by molar-refractivity contribution is 0.0503. The molecule has 1 aromatic carbocycles. The lowest BCUT2D eigenvalue weighted by atomic mass is 9.99. The molecule has 1 heterocycles. The Kier molecular flexibility index (Phi) is 5.38. The minimum atomic E-state index is -0.198. The number of hydrogen-bond acceptors (Lipinski definition) is 3. The van der Waals surface area contributed by atoms with Crippen LogP contribution in [0.3, 0.4) is 0 Å². The van der Waals surface area contributed by atoms with Gasteiger partial charge in [-0.05, 0) is 43.9 Å². The molecule has 0 bridgehead atoms. The molecule has 1 fully saturated rings. The first-order chi connectivity index (χ1) is 10.2. The smallest absolute Gasteiger partial charge is 0.254 e. The highest BCUT2D eigenvalue weighted by Gasteiger charge is 2.26. The van der Waals surface area contributed by atoms with Gasteiger partial charge in [-0.2, -0.15) is 0 Å². The van der Waals surface area contributed by atoms with Crippen LogP contribution in [0.4, 0.5) is 0 Å². The van der Waals surface area contributed by atoms with Crippen molar-refractivity contribution in [1.82, 2.24) is 4.90 Å². The number of hydrogen-bond donors (Lipinski definition) is 2. The van der Waals surface area contributed by atoms with Crippen molar-refractivity contribution in [3.05, 3.63) is 34.9 Å². The van der Waals surface area contributed by atoms with Crippen LogP contribution in [0.1, 0.15) is 40.7 Å². The van der Waals surface area contributed by atoms with E-state index in [1.54, 1.807) is 17.0 Å². The third-order valence-corrected chi connectivity index (χ3v) is 3.89. The fraction of sp³-hybridized carbons (Fsp3) is 0.471. The summed E-state index contributed by atoms with van der Waals surface area (Å²) in [5.41, 5.74) is 2.32. The maximum atomic E-state index is 12.6. The van der Waals surface area contributed by atoms with Crippen molar-refractivity contribution in [3.8, 4) is 11.8 Å². The Morgan fingerprint density at radius 1 is 1.38 bits per heavy atom. The van der Waals surface area contributed by atoms with Crippen molar-refractivity contribution in [2.24, 2.45) is 0 Å². The average molecular weight is 287 g/mol. The first-order valence-corrected chi connectivity index (χ1v) is 7.29. The third-order valence-electron chi connectivity index (χ3n) is 3.89. The molecule has 0 aliphatic carbocycles. The Labute approximate surface area is 125 Å². The van der Waals surface area contributed by atoms with E-state index in [0.717, 1.165) is 30.4 Å². The highest BCUT2D eigenvalue weighted by Crippen LogP contribution is 2.20. The van der Waals surface area contributed by atoms with E-state index < -0.39 is 0 Å². The summed E-state index contributed by atoms with van der Waals surface area (Å²) < 4.78 is 0. The van der Waals surface area contributed by atoms with Crippen LogP contribution in [0.5, 0.6) is 0 Å². The number of nitrogens with zero attached hydrogens (tertiary/aromatic N) is 1. The highest BCUT2D eigenvalue weighted by molar-refractivity contribution is 5.95. The molecular weight excluding hydrogens is 266 g/mol. The number of carbonyl (C=O) groups excluding carboxylic acids is 1. The molecule has 1 aliphatic rings. The molecule has 4 heteroatoms. The Bertz CT molecular complexity index is 571. The van der Waals surface area contributed by atoms with Gasteiger partial charge in [0.2, 0.25) is 0 Å². The summed E-state index contributed by atoms with van der Waals surface area (Å²) in [6.45, 7) is 2.42. The summed E-state index contributed by atoms with van der Waals surface area (Å²) in [6, 6.07) is 5.35. The Morgan fingerprint density at radius 3 is 2.90 bits per heavy atom. The predicted molar refractivity (Wildman–Crippen MR) is 80.9 cm³/mol. The average Bonchev–Trinajstić information content (AvgIpc) is 2.53. The van der Waals surface area contributed by atoms with E-state index >= 15 is 0 Å². The van der Waals surface area contributed by atoms with Crippen LogP contribution < -0.4 is 0 Å². The van der Waals surface area contributed by atoms with Crippen molar-refractivity contribution >= 4 is 5.91 Å². The van der Waals surface area contributed by atoms with E-state index in [1.807, 2.05) is 13.0 Å². The van der Waals surface area contributed by atoms with Crippen LogP contribution >= 0.6 is 0 Å². The summed E-state index contributed by atoms with van der Waals surface area (Å²) in [4.78, 5) is 14.4. The van der Waals surface area contributed by atoms with E-state index in [-0.39, 0.29) is 25.2 Å². The van der Waals surface area contributed by atoms with Gasteiger partial charge in [0.1, 0.15) is 6.61 Å². The molecule has 0 radical (unpaired) electrons. The van der Waals surface area contributed by atoms with Gasteiger partial charge in [0.05, 0.1) is 12.6 Å². The standard InChI is InChI=1S/C17H21NO3/c1-13-7-8-15(11-14(13)5-4-10-19)17(21)18-9-3-2-6-16(18)12-20/h7-8,11,16,19-20H,2-3,6,9-10,12H2,1H3. The third kappa shape index (κ3) is 3.63. The van der Waals surface area contributed by atoms with Crippen LogP contribution in [-0.2, 0) is 0 Å².